The van der Waals surface area contributed by atoms with Crippen LogP contribution in [0.15, 0.2) is 0 Å². The molecule has 6 heteroatoms. The number of aliphatic hydroxyl groups excluding tert-OH is 1. The van der Waals surface area contributed by atoms with Crippen LogP contribution < -0.4 is 10.6 Å². The standard InChI is InChI=1S/C12H22N2O4/c1-8(15)14-11(12(17)18)7-13-6-9-2-4-10(16)5-3-9/h9-11,13,16H,2-7H2,1H3,(H,14,15)(H,17,18). The van der Waals surface area contributed by atoms with Gasteiger partial charge in [-0.2, -0.15) is 0 Å². The Labute approximate surface area is 107 Å². The van der Waals surface area contributed by atoms with Crippen molar-refractivity contribution >= 4 is 11.9 Å². The monoisotopic (exact) mass is 258 g/mol. The van der Waals surface area contributed by atoms with E-state index in [2.05, 4.69) is 10.6 Å². The van der Waals surface area contributed by atoms with E-state index in [1.165, 1.54) is 6.92 Å². The van der Waals surface area contributed by atoms with Crippen molar-refractivity contribution in [3.05, 3.63) is 0 Å². The Hall–Kier alpha value is -1.14. The summed E-state index contributed by atoms with van der Waals surface area (Å²) in [5, 5.41) is 23.7. The second-order valence-electron chi connectivity index (χ2n) is 4.92. The van der Waals surface area contributed by atoms with Crippen molar-refractivity contribution in [2.24, 2.45) is 5.92 Å². The van der Waals surface area contributed by atoms with Gasteiger partial charge >= 0.3 is 5.97 Å². The van der Waals surface area contributed by atoms with Crippen molar-refractivity contribution < 1.29 is 19.8 Å². The summed E-state index contributed by atoms with van der Waals surface area (Å²) in [5.41, 5.74) is 0. The normalized spacial score (nSPS) is 25.4. The molecular weight excluding hydrogens is 236 g/mol. The summed E-state index contributed by atoms with van der Waals surface area (Å²) in [4.78, 5) is 21.7. The molecule has 0 aromatic heterocycles. The Kier molecular flexibility index (Phi) is 6.07. The fourth-order valence-corrected chi connectivity index (χ4v) is 2.23. The Balaban J connectivity index is 2.22. The van der Waals surface area contributed by atoms with Crippen LogP contribution >= 0.6 is 0 Å². The number of hydrogen-bond acceptors (Lipinski definition) is 4. The summed E-state index contributed by atoms with van der Waals surface area (Å²) >= 11 is 0. The molecule has 0 bridgehead atoms. The lowest BCUT2D eigenvalue weighted by atomic mass is 9.87. The molecule has 0 radical (unpaired) electrons. The number of amides is 1. The van der Waals surface area contributed by atoms with Gasteiger partial charge in [0.15, 0.2) is 0 Å². The maximum Gasteiger partial charge on any atom is 0.327 e. The third-order valence-electron chi connectivity index (χ3n) is 3.27. The molecule has 6 nitrogen and oxygen atoms in total. The minimum Gasteiger partial charge on any atom is -0.480 e. The van der Waals surface area contributed by atoms with Crippen LogP contribution in [0, 0.1) is 5.92 Å². The van der Waals surface area contributed by atoms with Crippen molar-refractivity contribution in [2.75, 3.05) is 13.1 Å². The van der Waals surface area contributed by atoms with Crippen LogP contribution in [0.1, 0.15) is 32.6 Å². The average Bonchev–Trinajstić information content (AvgIpc) is 2.29. The van der Waals surface area contributed by atoms with Gasteiger partial charge in [-0.3, -0.25) is 4.79 Å². The van der Waals surface area contributed by atoms with E-state index < -0.39 is 12.0 Å². The molecule has 1 rings (SSSR count). The van der Waals surface area contributed by atoms with Crippen molar-refractivity contribution in [3.63, 3.8) is 0 Å². The maximum absolute atomic E-state index is 10.9. The van der Waals surface area contributed by atoms with Gasteiger partial charge in [0.2, 0.25) is 5.91 Å². The fourth-order valence-electron chi connectivity index (χ4n) is 2.23. The van der Waals surface area contributed by atoms with Gasteiger partial charge in [-0.25, -0.2) is 4.79 Å². The molecule has 1 saturated carbocycles. The number of aliphatic hydroxyl groups is 1. The van der Waals surface area contributed by atoms with Crippen LogP contribution in [-0.2, 0) is 9.59 Å². The molecular formula is C12H22N2O4. The molecule has 1 aliphatic rings. The van der Waals surface area contributed by atoms with E-state index in [1.54, 1.807) is 0 Å². The van der Waals surface area contributed by atoms with E-state index in [1.807, 2.05) is 0 Å². The molecule has 104 valence electrons. The number of carboxylic acid groups (broad SMARTS) is 1. The van der Waals surface area contributed by atoms with Crippen LogP contribution in [0.3, 0.4) is 0 Å². The Morgan fingerprint density at radius 3 is 2.39 bits per heavy atom. The summed E-state index contributed by atoms with van der Waals surface area (Å²) in [6.45, 7) is 2.27. The number of rotatable bonds is 6. The summed E-state index contributed by atoms with van der Waals surface area (Å²) in [6, 6.07) is -0.878. The Morgan fingerprint density at radius 2 is 1.89 bits per heavy atom. The zero-order chi connectivity index (χ0) is 13.5. The van der Waals surface area contributed by atoms with E-state index in [9.17, 15) is 14.7 Å². The zero-order valence-electron chi connectivity index (χ0n) is 10.7. The minimum absolute atomic E-state index is 0.174. The Bertz CT molecular complexity index is 288. The first-order valence-electron chi connectivity index (χ1n) is 6.37. The van der Waals surface area contributed by atoms with Gasteiger partial charge in [0.25, 0.3) is 0 Å². The summed E-state index contributed by atoms with van der Waals surface area (Å²) < 4.78 is 0. The molecule has 0 spiro atoms. The zero-order valence-corrected chi connectivity index (χ0v) is 10.7. The number of carboxylic acids is 1. The summed E-state index contributed by atoms with van der Waals surface area (Å²) in [7, 11) is 0. The van der Waals surface area contributed by atoms with Crippen LogP contribution in [0.4, 0.5) is 0 Å². The van der Waals surface area contributed by atoms with E-state index in [0.717, 1.165) is 32.2 Å². The largest absolute Gasteiger partial charge is 0.480 e. The molecule has 1 amide bonds. The number of carbonyl (C=O) groups excluding carboxylic acids is 1. The van der Waals surface area contributed by atoms with E-state index in [-0.39, 0.29) is 18.6 Å². The van der Waals surface area contributed by atoms with Gasteiger partial charge in [0.05, 0.1) is 6.10 Å². The van der Waals surface area contributed by atoms with Gasteiger partial charge in [-0.05, 0) is 38.1 Å². The van der Waals surface area contributed by atoms with Crippen molar-refractivity contribution in [3.8, 4) is 0 Å². The quantitative estimate of drug-likeness (QED) is 0.525. The van der Waals surface area contributed by atoms with E-state index >= 15 is 0 Å². The van der Waals surface area contributed by atoms with Gasteiger partial charge in [-0.1, -0.05) is 0 Å². The molecule has 1 fully saturated rings. The minimum atomic E-state index is -1.03. The second kappa shape index (κ2) is 7.33. The fraction of sp³-hybridized carbons (Fsp3) is 0.833. The van der Waals surface area contributed by atoms with Crippen LogP contribution in [0.25, 0.3) is 0 Å². The first kappa shape index (κ1) is 14.9. The van der Waals surface area contributed by atoms with E-state index in [0.29, 0.717) is 5.92 Å². The highest BCUT2D eigenvalue weighted by molar-refractivity contribution is 5.82. The molecule has 4 N–H and O–H groups in total. The lowest BCUT2D eigenvalue weighted by Gasteiger charge is -2.26. The number of carbonyl (C=O) groups is 2. The molecule has 1 unspecified atom stereocenters. The molecule has 1 atom stereocenters. The Morgan fingerprint density at radius 1 is 1.28 bits per heavy atom. The lowest BCUT2D eigenvalue weighted by Crippen LogP contribution is -2.47. The smallest absolute Gasteiger partial charge is 0.327 e. The highest BCUT2D eigenvalue weighted by Gasteiger charge is 2.21. The summed E-state index contributed by atoms with van der Waals surface area (Å²) in [6.07, 6.45) is 3.39. The number of hydrogen-bond donors (Lipinski definition) is 4. The van der Waals surface area contributed by atoms with Crippen LogP contribution in [0.2, 0.25) is 0 Å². The van der Waals surface area contributed by atoms with Gasteiger partial charge in [0.1, 0.15) is 6.04 Å². The third-order valence-corrected chi connectivity index (χ3v) is 3.27. The predicted octanol–water partition coefficient (Wildman–Crippen LogP) is -0.284. The van der Waals surface area contributed by atoms with Crippen molar-refractivity contribution in [2.45, 2.75) is 44.8 Å². The van der Waals surface area contributed by atoms with Crippen molar-refractivity contribution in [1.29, 1.82) is 0 Å². The van der Waals surface area contributed by atoms with E-state index in [4.69, 9.17) is 5.11 Å². The molecule has 0 aromatic rings. The molecule has 0 aliphatic heterocycles. The molecule has 0 saturated heterocycles. The van der Waals surface area contributed by atoms with Gasteiger partial charge in [-0.15, -0.1) is 0 Å². The topological polar surface area (TPSA) is 98.7 Å². The van der Waals surface area contributed by atoms with Crippen LogP contribution in [-0.4, -0.2) is 47.3 Å². The lowest BCUT2D eigenvalue weighted by molar-refractivity contribution is -0.141. The first-order valence-corrected chi connectivity index (χ1v) is 6.37. The van der Waals surface area contributed by atoms with Crippen molar-refractivity contribution in [1.82, 2.24) is 10.6 Å². The second-order valence-corrected chi connectivity index (χ2v) is 4.92. The SMILES string of the molecule is CC(=O)NC(CNCC1CCC(O)CC1)C(=O)O. The first-order chi connectivity index (χ1) is 8.49. The highest BCUT2D eigenvalue weighted by Crippen LogP contribution is 2.23. The maximum atomic E-state index is 10.9. The van der Waals surface area contributed by atoms with Crippen LogP contribution in [0.5, 0.6) is 0 Å². The molecule has 18 heavy (non-hydrogen) atoms. The highest BCUT2D eigenvalue weighted by atomic mass is 16.4. The third kappa shape index (κ3) is 5.46. The molecule has 0 aromatic carbocycles. The number of aliphatic carboxylic acids is 1. The van der Waals surface area contributed by atoms with Gasteiger partial charge < -0.3 is 20.8 Å². The summed E-state index contributed by atoms with van der Waals surface area (Å²) in [5.74, 6) is -0.887. The molecule has 0 heterocycles. The average molecular weight is 258 g/mol. The number of nitrogens with one attached hydrogen (secondary N) is 2. The molecule has 1 aliphatic carbocycles. The van der Waals surface area contributed by atoms with Gasteiger partial charge in [0, 0.05) is 13.5 Å². The predicted molar refractivity (Wildman–Crippen MR) is 66.1 cm³/mol.